The molecule has 15 nitrogen and oxygen atoms in total. The Bertz CT molecular complexity index is 2790. The Morgan fingerprint density at radius 2 is 1.49 bits per heavy atom. The van der Waals surface area contributed by atoms with Gasteiger partial charge in [0.1, 0.15) is 39.9 Å². The highest BCUT2D eigenvalue weighted by Crippen LogP contribution is 2.57. The Balaban J connectivity index is 0.745. The minimum Gasteiger partial charge on any atom is -0.508 e. The van der Waals surface area contributed by atoms with Crippen LogP contribution >= 0.6 is 22.9 Å². The zero-order valence-corrected chi connectivity index (χ0v) is 35.9. The van der Waals surface area contributed by atoms with Crippen LogP contribution in [0.4, 0.5) is 0 Å². The Morgan fingerprint density at radius 1 is 0.841 bits per heavy atom. The number of rotatable bonds is 13. The molecule has 0 saturated carbocycles. The van der Waals surface area contributed by atoms with Crippen molar-refractivity contribution < 1.29 is 43.5 Å². The quantitative estimate of drug-likeness (QED) is 0.0708. The van der Waals surface area contributed by atoms with Gasteiger partial charge in [-0.3, -0.25) is 19.1 Å². The molecule has 3 aliphatic heterocycles. The van der Waals surface area contributed by atoms with E-state index in [1.54, 1.807) is 35.6 Å². The number of fused-ring (bicyclic) bond motifs is 9. The summed E-state index contributed by atoms with van der Waals surface area (Å²) in [6, 6.07) is 20.7. The van der Waals surface area contributed by atoms with Gasteiger partial charge in [0.2, 0.25) is 5.91 Å². The van der Waals surface area contributed by atoms with Crippen molar-refractivity contribution in [2.24, 2.45) is 4.99 Å². The summed E-state index contributed by atoms with van der Waals surface area (Å²) in [6.07, 6.45) is 0.0596. The predicted octanol–water partition coefficient (Wildman–Crippen LogP) is 6.75. The molecule has 2 aromatic heterocycles. The van der Waals surface area contributed by atoms with Crippen LogP contribution in [0, 0.1) is 20.8 Å². The number of thiophene rings is 1. The predicted molar refractivity (Wildman–Crippen MR) is 233 cm³/mol. The van der Waals surface area contributed by atoms with E-state index >= 15 is 0 Å². The number of phenolic OH excluding ortho intramolecular Hbond substituents is 2. The van der Waals surface area contributed by atoms with E-state index in [4.69, 9.17) is 35.5 Å². The molecule has 0 bridgehead atoms. The molecule has 1 spiro atoms. The number of amides is 2. The maximum atomic E-state index is 13.4. The standard InChI is InChI=1S/C46H41ClN6O9S/c1-24-25(2)63-44-40(24)41(27-4-7-29(47)8-5-27)50-36(42-52-51-26(3)53(42)44)23-39(56)48-14-16-59-18-19-60-17-15-49-43(57)28-6-11-33-32(20-28)45(58)62-46(33)34-12-9-30(54)21-37(34)61-38-22-31(55)10-13-35(38)46/h4-13,20-22,36,54-55H,14-19,23H2,1-3H3,(H,48,56)(H,49,57)/t36-/m0/s1. The maximum Gasteiger partial charge on any atom is 0.340 e. The second kappa shape index (κ2) is 16.9. The summed E-state index contributed by atoms with van der Waals surface area (Å²) in [5, 5.41) is 36.5. The van der Waals surface area contributed by atoms with Crippen LogP contribution in [0.25, 0.3) is 5.00 Å². The molecular weight excluding hydrogens is 848 g/mol. The molecule has 4 aromatic carbocycles. The smallest absolute Gasteiger partial charge is 0.340 e. The fourth-order valence-corrected chi connectivity index (χ4v) is 9.49. The summed E-state index contributed by atoms with van der Waals surface area (Å²) >= 11 is 7.87. The van der Waals surface area contributed by atoms with Gasteiger partial charge in [-0.05, 0) is 74.9 Å². The van der Waals surface area contributed by atoms with Crippen molar-refractivity contribution in [3.63, 3.8) is 0 Å². The summed E-state index contributed by atoms with van der Waals surface area (Å²) in [5.41, 5.74) is 4.29. The van der Waals surface area contributed by atoms with E-state index in [9.17, 15) is 24.6 Å². The van der Waals surface area contributed by atoms with Gasteiger partial charge in [-0.15, -0.1) is 21.5 Å². The van der Waals surface area contributed by atoms with E-state index in [2.05, 4.69) is 34.7 Å². The van der Waals surface area contributed by atoms with E-state index in [0.717, 1.165) is 32.3 Å². The number of aromatic hydroxyl groups is 2. The average molecular weight is 889 g/mol. The molecule has 6 aromatic rings. The first-order chi connectivity index (χ1) is 30.4. The normalized spacial score (nSPS) is 15.2. The van der Waals surface area contributed by atoms with Gasteiger partial charge in [-0.25, -0.2) is 4.79 Å². The molecule has 3 aliphatic rings. The number of hydrogen-bond acceptors (Lipinski definition) is 13. The molecule has 0 aliphatic carbocycles. The molecular formula is C46H41ClN6O9S. The number of carbonyl (C=O) groups is 3. The number of carbonyl (C=O) groups excluding carboxylic acids is 3. The number of benzene rings is 4. The van der Waals surface area contributed by atoms with Crippen LogP contribution in [0.5, 0.6) is 23.0 Å². The fourth-order valence-electron chi connectivity index (χ4n) is 8.15. The third-order valence-corrected chi connectivity index (χ3v) is 12.7. The van der Waals surface area contributed by atoms with Gasteiger partial charge in [0, 0.05) is 68.5 Å². The van der Waals surface area contributed by atoms with E-state index in [1.165, 1.54) is 30.3 Å². The molecule has 63 heavy (non-hydrogen) atoms. The fraction of sp³-hybridized carbons (Fsp3) is 0.261. The zero-order valence-electron chi connectivity index (χ0n) is 34.4. The highest BCUT2D eigenvalue weighted by atomic mass is 35.5. The van der Waals surface area contributed by atoms with Crippen molar-refractivity contribution in [3.05, 3.63) is 145 Å². The topological polar surface area (TPSA) is 196 Å². The number of esters is 1. The Labute approximate surface area is 370 Å². The molecule has 5 heterocycles. The molecule has 0 radical (unpaired) electrons. The van der Waals surface area contributed by atoms with E-state index in [0.29, 0.717) is 33.4 Å². The third kappa shape index (κ3) is 7.69. The highest BCUT2D eigenvalue weighted by Gasteiger charge is 2.54. The van der Waals surface area contributed by atoms with E-state index in [-0.39, 0.29) is 86.0 Å². The maximum absolute atomic E-state index is 13.4. The van der Waals surface area contributed by atoms with Crippen molar-refractivity contribution >= 4 is 46.4 Å². The molecule has 17 heteroatoms. The Kier molecular flexibility index (Phi) is 11.2. The van der Waals surface area contributed by atoms with Gasteiger partial charge in [0.05, 0.1) is 44.1 Å². The van der Waals surface area contributed by atoms with E-state index < -0.39 is 23.5 Å². The lowest BCUT2D eigenvalue weighted by molar-refractivity contribution is -0.121. The van der Waals surface area contributed by atoms with Crippen LogP contribution in [0.3, 0.4) is 0 Å². The van der Waals surface area contributed by atoms with Crippen LogP contribution in [0.2, 0.25) is 5.02 Å². The highest BCUT2D eigenvalue weighted by molar-refractivity contribution is 7.15. The zero-order chi connectivity index (χ0) is 44.0. The lowest BCUT2D eigenvalue weighted by Crippen LogP contribution is -2.33. The average Bonchev–Trinajstić information content (AvgIpc) is 3.85. The molecule has 322 valence electrons. The van der Waals surface area contributed by atoms with Crippen molar-refractivity contribution in [1.29, 1.82) is 0 Å². The molecule has 0 saturated heterocycles. The summed E-state index contributed by atoms with van der Waals surface area (Å²) < 4.78 is 25.4. The van der Waals surface area contributed by atoms with E-state index in [1.807, 2.05) is 35.8 Å². The molecule has 2 amide bonds. The summed E-state index contributed by atoms with van der Waals surface area (Å²) in [4.78, 5) is 46.1. The SMILES string of the molecule is Cc1sc2c(c1C)C(c1ccc(Cl)cc1)=N[C@@H](CC(=O)NCCOCCOCCNC(=O)c1ccc3c(c1)C(=O)OC31c3ccc(O)cc3Oc3cc(O)ccc31)c1nnc(C)n1-2. The Morgan fingerprint density at radius 3 is 2.17 bits per heavy atom. The van der Waals surface area contributed by atoms with Crippen LogP contribution in [-0.4, -0.2) is 88.0 Å². The number of aliphatic imine (C=N–C) groups is 1. The number of aryl methyl sites for hydroxylation is 2. The van der Waals surface area contributed by atoms with Crippen LogP contribution < -0.4 is 15.4 Å². The van der Waals surface area contributed by atoms with Crippen molar-refractivity contribution in [3.8, 4) is 28.0 Å². The molecule has 1 atom stereocenters. The van der Waals surface area contributed by atoms with Gasteiger partial charge >= 0.3 is 5.97 Å². The summed E-state index contributed by atoms with van der Waals surface area (Å²) in [7, 11) is 0. The number of nitrogens with one attached hydrogen (secondary N) is 2. The van der Waals surface area contributed by atoms with Gasteiger partial charge in [0.25, 0.3) is 5.91 Å². The summed E-state index contributed by atoms with van der Waals surface area (Å²) in [5.74, 6) is 0.502. The first-order valence-corrected chi connectivity index (χ1v) is 21.4. The largest absolute Gasteiger partial charge is 0.508 e. The van der Waals surface area contributed by atoms with Gasteiger partial charge < -0.3 is 39.8 Å². The van der Waals surface area contributed by atoms with Gasteiger partial charge in [0.15, 0.2) is 11.4 Å². The minimum absolute atomic E-state index is 0.0460. The van der Waals surface area contributed by atoms with Crippen molar-refractivity contribution in [1.82, 2.24) is 25.4 Å². The summed E-state index contributed by atoms with van der Waals surface area (Å²) in [6.45, 7) is 7.55. The van der Waals surface area contributed by atoms with Crippen LogP contribution in [-0.2, 0) is 24.6 Å². The van der Waals surface area contributed by atoms with Crippen molar-refractivity contribution in [2.75, 3.05) is 39.5 Å². The first kappa shape index (κ1) is 41.7. The number of hydrogen-bond donors (Lipinski definition) is 4. The first-order valence-electron chi connectivity index (χ1n) is 20.2. The molecule has 0 unspecified atom stereocenters. The minimum atomic E-state index is -1.42. The number of nitrogens with zero attached hydrogens (tertiary/aromatic N) is 4. The van der Waals surface area contributed by atoms with Gasteiger partial charge in [-0.2, -0.15) is 0 Å². The number of halogens is 1. The monoisotopic (exact) mass is 888 g/mol. The molecule has 4 N–H and O–H groups in total. The number of ether oxygens (including phenoxy) is 4. The van der Waals surface area contributed by atoms with Gasteiger partial charge in [-0.1, -0.05) is 29.8 Å². The van der Waals surface area contributed by atoms with Crippen molar-refractivity contribution in [2.45, 2.75) is 38.8 Å². The molecule has 9 rings (SSSR count). The Hall–Kier alpha value is -6.59. The lowest BCUT2D eigenvalue weighted by atomic mass is 9.77. The van der Waals surface area contributed by atoms with Crippen LogP contribution in [0.15, 0.2) is 83.9 Å². The second-order valence-corrected chi connectivity index (χ2v) is 16.9. The number of phenols is 2. The van der Waals surface area contributed by atoms with Crippen LogP contribution in [0.1, 0.15) is 83.1 Å². The number of aromatic nitrogens is 3. The second-order valence-electron chi connectivity index (χ2n) is 15.2. The third-order valence-electron chi connectivity index (χ3n) is 11.2. The molecule has 0 fully saturated rings. The lowest BCUT2D eigenvalue weighted by Gasteiger charge is -2.36.